The van der Waals surface area contributed by atoms with Crippen LogP contribution in [0, 0.1) is 11.8 Å². The van der Waals surface area contributed by atoms with Crippen LogP contribution in [0.5, 0.6) is 11.5 Å². The van der Waals surface area contributed by atoms with Gasteiger partial charge in [-0.25, -0.2) is 0 Å². The normalized spacial score (nSPS) is 15.9. The number of benzene rings is 1. The molecule has 5 nitrogen and oxygen atoms in total. The van der Waals surface area contributed by atoms with Crippen LogP contribution in [-0.4, -0.2) is 24.5 Å². The standard InChI is InChI=1S/C15H19ClO5/c1-4-19-15(18)12(8(2)3)13(17)9-5-10(16)14-11(6-9)20-7-21-14/h5-6,8,12-13,17H,4,7H2,1-3H3. The molecule has 1 aliphatic heterocycles. The maximum Gasteiger partial charge on any atom is 0.312 e. The molecule has 0 amide bonds. The topological polar surface area (TPSA) is 65.0 Å². The molecule has 1 aromatic rings. The third-order valence-electron chi connectivity index (χ3n) is 3.41. The molecular formula is C15H19ClO5. The van der Waals surface area contributed by atoms with E-state index in [1.807, 2.05) is 13.8 Å². The van der Waals surface area contributed by atoms with Crippen LogP contribution in [0.1, 0.15) is 32.4 Å². The van der Waals surface area contributed by atoms with Crippen LogP contribution in [0.4, 0.5) is 0 Å². The molecule has 21 heavy (non-hydrogen) atoms. The van der Waals surface area contributed by atoms with Crippen LogP contribution in [0.2, 0.25) is 5.02 Å². The van der Waals surface area contributed by atoms with Crippen molar-refractivity contribution in [3.63, 3.8) is 0 Å². The van der Waals surface area contributed by atoms with Gasteiger partial charge in [0.25, 0.3) is 0 Å². The van der Waals surface area contributed by atoms with Crippen molar-refractivity contribution in [3.05, 3.63) is 22.7 Å². The molecule has 0 bridgehead atoms. The smallest absolute Gasteiger partial charge is 0.312 e. The Labute approximate surface area is 128 Å². The van der Waals surface area contributed by atoms with E-state index < -0.39 is 18.0 Å². The molecule has 0 fully saturated rings. The number of esters is 1. The van der Waals surface area contributed by atoms with Gasteiger partial charge in [0, 0.05) is 0 Å². The van der Waals surface area contributed by atoms with Crippen LogP contribution in [0.25, 0.3) is 0 Å². The number of fused-ring (bicyclic) bond motifs is 1. The minimum Gasteiger partial charge on any atom is -0.466 e. The third kappa shape index (κ3) is 3.24. The summed E-state index contributed by atoms with van der Waals surface area (Å²) in [6, 6.07) is 3.24. The minimum absolute atomic E-state index is 0.0803. The first kappa shape index (κ1) is 15.9. The monoisotopic (exact) mass is 314 g/mol. The van der Waals surface area contributed by atoms with E-state index in [0.29, 0.717) is 22.1 Å². The average Bonchev–Trinajstić information content (AvgIpc) is 2.87. The Morgan fingerprint density at radius 2 is 2.14 bits per heavy atom. The average molecular weight is 315 g/mol. The maximum absolute atomic E-state index is 12.0. The number of halogens is 1. The van der Waals surface area contributed by atoms with E-state index in [4.69, 9.17) is 25.8 Å². The molecule has 0 saturated heterocycles. The number of hydrogen-bond acceptors (Lipinski definition) is 5. The summed E-state index contributed by atoms with van der Waals surface area (Å²) >= 11 is 6.11. The molecule has 1 N–H and O–H groups in total. The molecule has 0 spiro atoms. The number of rotatable bonds is 5. The lowest BCUT2D eigenvalue weighted by Gasteiger charge is -2.25. The Morgan fingerprint density at radius 1 is 1.43 bits per heavy atom. The first-order valence-corrected chi connectivity index (χ1v) is 7.27. The maximum atomic E-state index is 12.0. The highest BCUT2D eigenvalue weighted by molar-refractivity contribution is 6.32. The van der Waals surface area contributed by atoms with Crippen molar-refractivity contribution < 1.29 is 24.1 Å². The Balaban J connectivity index is 2.31. The zero-order chi connectivity index (χ0) is 15.6. The molecule has 1 aromatic carbocycles. The molecule has 1 aliphatic rings. The van der Waals surface area contributed by atoms with Crippen LogP contribution >= 0.6 is 11.6 Å². The predicted octanol–water partition coefficient (Wildman–Crippen LogP) is 2.94. The fourth-order valence-electron chi connectivity index (χ4n) is 2.37. The summed E-state index contributed by atoms with van der Waals surface area (Å²) in [6.07, 6.45) is -1.02. The van der Waals surface area contributed by atoms with Crippen molar-refractivity contribution in [2.75, 3.05) is 13.4 Å². The molecular weight excluding hydrogens is 296 g/mol. The Kier molecular flexibility index (Phi) is 4.96. The van der Waals surface area contributed by atoms with Crippen molar-refractivity contribution in [1.82, 2.24) is 0 Å². The van der Waals surface area contributed by atoms with Crippen LogP contribution < -0.4 is 9.47 Å². The molecule has 0 aliphatic carbocycles. The molecule has 0 radical (unpaired) electrons. The summed E-state index contributed by atoms with van der Waals surface area (Å²) in [4.78, 5) is 12.0. The molecule has 2 unspecified atom stereocenters. The van der Waals surface area contributed by atoms with E-state index >= 15 is 0 Å². The van der Waals surface area contributed by atoms with E-state index in [9.17, 15) is 9.90 Å². The number of aliphatic hydroxyl groups excluding tert-OH is 1. The Bertz CT molecular complexity index is 529. The van der Waals surface area contributed by atoms with Gasteiger partial charge in [-0.1, -0.05) is 25.4 Å². The number of carbonyl (C=O) groups is 1. The molecule has 116 valence electrons. The van der Waals surface area contributed by atoms with Crippen molar-refractivity contribution in [1.29, 1.82) is 0 Å². The second-order valence-corrected chi connectivity index (χ2v) is 5.61. The van der Waals surface area contributed by atoms with E-state index in [1.165, 1.54) is 0 Å². The SMILES string of the molecule is CCOC(=O)C(C(C)C)C(O)c1cc(Cl)c2c(c1)OCO2. The van der Waals surface area contributed by atoms with E-state index in [1.54, 1.807) is 19.1 Å². The molecule has 1 heterocycles. The number of aliphatic hydroxyl groups is 1. The summed E-state index contributed by atoms with van der Waals surface area (Å²) in [5.74, 6) is -0.230. The lowest BCUT2D eigenvalue weighted by molar-refractivity contribution is -0.154. The molecule has 0 aromatic heterocycles. The highest BCUT2D eigenvalue weighted by atomic mass is 35.5. The van der Waals surface area contributed by atoms with Gasteiger partial charge in [0.05, 0.1) is 23.7 Å². The van der Waals surface area contributed by atoms with Crippen LogP contribution in [-0.2, 0) is 9.53 Å². The van der Waals surface area contributed by atoms with Gasteiger partial charge in [0.15, 0.2) is 11.5 Å². The van der Waals surface area contributed by atoms with Crippen molar-refractivity contribution in [2.45, 2.75) is 26.9 Å². The highest BCUT2D eigenvalue weighted by Crippen LogP contribution is 2.42. The van der Waals surface area contributed by atoms with E-state index in [2.05, 4.69) is 0 Å². The van der Waals surface area contributed by atoms with Crippen LogP contribution in [0.15, 0.2) is 12.1 Å². The summed E-state index contributed by atoms with van der Waals surface area (Å²) in [5, 5.41) is 10.9. The second kappa shape index (κ2) is 6.54. The fourth-order valence-corrected chi connectivity index (χ4v) is 2.64. The first-order chi connectivity index (χ1) is 9.95. The van der Waals surface area contributed by atoms with Gasteiger partial charge in [-0.15, -0.1) is 0 Å². The lowest BCUT2D eigenvalue weighted by atomic mass is 9.86. The molecule has 2 rings (SSSR count). The number of ether oxygens (including phenoxy) is 3. The largest absolute Gasteiger partial charge is 0.466 e. The van der Waals surface area contributed by atoms with Crippen molar-refractivity contribution in [3.8, 4) is 11.5 Å². The van der Waals surface area contributed by atoms with Gasteiger partial charge >= 0.3 is 5.97 Å². The summed E-state index contributed by atoms with van der Waals surface area (Å²) < 4.78 is 15.6. The Morgan fingerprint density at radius 3 is 2.76 bits per heavy atom. The van der Waals surface area contributed by atoms with Gasteiger partial charge in [-0.05, 0) is 30.5 Å². The predicted molar refractivity (Wildman–Crippen MR) is 77.5 cm³/mol. The van der Waals surface area contributed by atoms with Crippen molar-refractivity contribution in [2.24, 2.45) is 11.8 Å². The minimum atomic E-state index is -1.02. The zero-order valence-electron chi connectivity index (χ0n) is 12.3. The third-order valence-corrected chi connectivity index (χ3v) is 3.69. The summed E-state index contributed by atoms with van der Waals surface area (Å²) in [5.41, 5.74) is 0.510. The second-order valence-electron chi connectivity index (χ2n) is 5.20. The molecule has 2 atom stereocenters. The van der Waals surface area contributed by atoms with Gasteiger partial charge in [0.2, 0.25) is 6.79 Å². The lowest BCUT2D eigenvalue weighted by Crippen LogP contribution is -2.29. The summed E-state index contributed by atoms with van der Waals surface area (Å²) in [6.45, 7) is 5.83. The van der Waals surface area contributed by atoms with Gasteiger partial charge < -0.3 is 19.3 Å². The van der Waals surface area contributed by atoms with E-state index in [-0.39, 0.29) is 19.3 Å². The quantitative estimate of drug-likeness (QED) is 0.847. The van der Waals surface area contributed by atoms with E-state index in [0.717, 1.165) is 0 Å². The van der Waals surface area contributed by atoms with Crippen molar-refractivity contribution >= 4 is 17.6 Å². The first-order valence-electron chi connectivity index (χ1n) is 6.89. The highest BCUT2D eigenvalue weighted by Gasteiger charge is 2.33. The fraction of sp³-hybridized carbons (Fsp3) is 0.533. The molecule has 0 saturated carbocycles. The van der Waals surface area contributed by atoms with Gasteiger partial charge in [0.1, 0.15) is 0 Å². The summed E-state index contributed by atoms with van der Waals surface area (Å²) in [7, 11) is 0. The van der Waals surface area contributed by atoms with Crippen LogP contribution in [0.3, 0.4) is 0 Å². The Hall–Kier alpha value is -1.46. The van der Waals surface area contributed by atoms with Gasteiger partial charge in [-0.2, -0.15) is 0 Å². The number of hydrogen-bond donors (Lipinski definition) is 1. The number of carbonyl (C=O) groups excluding carboxylic acids is 1. The zero-order valence-corrected chi connectivity index (χ0v) is 13.0. The molecule has 6 heteroatoms. The van der Waals surface area contributed by atoms with Gasteiger partial charge in [-0.3, -0.25) is 4.79 Å².